The van der Waals surface area contributed by atoms with Crippen LogP contribution < -0.4 is 0 Å². The third-order valence-corrected chi connectivity index (χ3v) is 5.29. The fourth-order valence-electron chi connectivity index (χ4n) is 3.67. The molecule has 0 aromatic heterocycles. The van der Waals surface area contributed by atoms with Crippen LogP contribution in [0.4, 0.5) is 5.69 Å². The summed E-state index contributed by atoms with van der Waals surface area (Å²) in [5.74, 6) is 1.43. The molecule has 0 unspecified atom stereocenters. The average Bonchev–Trinajstić information content (AvgIpc) is 3.33. The normalized spacial score (nSPS) is 16.2. The van der Waals surface area contributed by atoms with Crippen molar-refractivity contribution in [2.45, 2.75) is 0 Å². The summed E-state index contributed by atoms with van der Waals surface area (Å²) in [4.78, 5) is 45.8. The smallest absolute Gasteiger partial charge is 0.345 e. The maximum Gasteiger partial charge on any atom is 0.345 e. The molecule has 0 bridgehead atoms. The fourth-order valence-corrected chi connectivity index (χ4v) is 3.67. The number of nitrogens with zero attached hydrogens (tertiary/aromatic N) is 2. The first-order valence-corrected chi connectivity index (χ1v) is 9.88. The summed E-state index contributed by atoms with van der Waals surface area (Å²) < 4.78 is 10.4. The summed E-state index contributed by atoms with van der Waals surface area (Å²) in [6, 6.07) is 16.2. The van der Waals surface area contributed by atoms with Crippen molar-refractivity contribution in [3.8, 4) is 12.3 Å². The molecule has 0 amide bonds. The summed E-state index contributed by atoms with van der Waals surface area (Å²) >= 11 is 0. The molecule has 2 aliphatic heterocycles. The molecule has 5 rings (SSSR count). The molecule has 0 N–H and O–H groups in total. The van der Waals surface area contributed by atoms with Gasteiger partial charge >= 0.3 is 11.9 Å². The highest BCUT2D eigenvalue weighted by molar-refractivity contribution is 6.21. The SMILES string of the molecule is C#Cc1cccc(N=C2OC(=O)c3ccc(C(=O)c4ccc5c(c4)C(=NC)OC5=O)cc32)c1. The largest absolute Gasteiger partial charge is 0.404 e. The molecular weight excluding hydrogens is 420 g/mol. The summed E-state index contributed by atoms with van der Waals surface area (Å²) in [7, 11) is 1.50. The van der Waals surface area contributed by atoms with Crippen LogP contribution in [0, 0.1) is 12.3 Å². The van der Waals surface area contributed by atoms with E-state index in [0.717, 1.165) is 0 Å². The van der Waals surface area contributed by atoms with Crippen molar-refractivity contribution in [3.05, 3.63) is 99.6 Å². The second-order valence-corrected chi connectivity index (χ2v) is 7.27. The predicted octanol–water partition coefficient (Wildman–Crippen LogP) is 3.69. The molecule has 0 aliphatic carbocycles. The number of ketones is 1. The van der Waals surface area contributed by atoms with E-state index in [-0.39, 0.29) is 17.6 Å². The molecule has 0 atom stereocenters. The van der Waals surface area contributed by atoms with E-state index in [0.29, 0.717) is 44.6 Å². The van der Waals surface area contributed by atoms with Gasteiger partial charge in [-0.15, -0.1) is 6.42 Å². The predicted molar refractivity (Wildman–Crippen MR) is 120 cm³/mol. The summed E-state index contributed by atoms with van der Waals surface area (Å²) in [5.41, 5.74) is 3.37. The Morgan fingerprint density at radius 1 is 0.818 bits per heavy atom. The highest BCUT2D eigenvalue weighted by Crippen LogP contribution is 2.27. The van der Waals surface area contributed by atoms with Crippen molar-refractivity contribution in [2.24, 2.45) is 9.98 Å². The fraction of sp³-hybridized carbons (Fsp3) is 0.0385. The molecule has 3 aromatic rings. The zero-order valence-electron chi connectivity index (χ0n) is 17.3. The molecule has 3 aromatic carbocycles. The van der Waals surface area contributed by atoms with Gasteiger partial charge in [0.2, 0.25) is 11.8 Å². The van der Waals surface area contributed by atoms with E-state index in [4.69, 9.17) is 15.9 Å². The molecule has 2 heterocycles. The molecule has 0 saturated heterocycles. The lowest BCUT2D eigenvalue weighted by molar-refractivity contribution is 0.0727. The zero-order chi connectivity index (χ0) is 23.1. The van der Waals surface area contributed by atoms with Crippen LogP contribution in [-0.2, 0) is 9.47 Å². The van der Waals surface area contributed by atoms with Crippen LogP contribution in [0.3, 0.4) is 0 Å². The number of carbonyl (C=O) groups is 3. The van der Waals surface area contributed by atoms with Crippen molar-refractivity contribution < 1.29 is 23.9 Å². The third-order valence-electron chi connectivity index (χ3n) is 5.29. The second kappa shape index (κ2) is 7.70. The Morgan fingerprint density at radius 2 is 1.42 bits per heavy atom. The van der Waals surface area contributed by atoms with Gasteiger partial charge in [0.25, 0.3) is 0 Å². The average molecular weight is 434 g/mol. The highest BCUT2D eigenvalue weighted by atomic mass is 16.6. The molecular formula is C26H14N2O5. The Hall–Kier alpha value is -4.83. The molecule has 33 heavy (non-hydrogen) atoms. The van der Waals surface area contributed by atoms with E-state index < -0.39 is 11.9 Å². The van der Waals surface area contributed by atoms with Crippen LogP contribution in [-0.4, -0.2) is 36.6 Å². The molecule has 0 radical (unpaired) electrons. The first-order chi connectivity index (χ1) is 16.0. The van der Waals surface area contributed by atoms with E-state index in [9.17, 15) is 14.4 Å². The van der Waals surface area contributed by atoms with Crippen molar-refractivity contribution in [3.63, 3.8) is 0 Å². The Labute approximate surface area is 188 Å². The van der Waals surface area contributed by atoms with E-state index in [2.05, 4.69) is 15.9 Å². The number of carbonyl (C=O) groups excluding carboxylic acids is 3. The quantitative estimate of drug-likeness (QED) is 0.356. The molecule has 7 nitrogen and oxygen atoms in total. The van der Waals surface area contributed by atoms with E-state index in [1.807, 2.05) is 0 Å². The molecule has 7 heteroatoms. The Bertz CT molecular complexity index is 1490. The van der Waals surface area contributed by atoms with Gasteiger partial charge in [-0.05, 0) is 42.5 Å². The molecule has 158 valence electrons. The van der Waals surface area contributed by atoms with Gasteiger partial charge in [0.1, 0.15) is 0 Å². The van der Waals surface area contributed by atoms with E-state index in [1.165, 1.54) is 19.2 Å². The van der Waals surface area contributed by atoms with Gasteiger partial charge in [-0.25, -0.2) is 14.6 Å². The second-order valence-electron chi connectivity index (χ2n) is 7.27. The summed E-state index contributed by atoms with van der Waals surface area (Å²) in [6.45, 7) is 0. The lowest BCUT2D eigenvalue weighted by Crippen LogP contribution is -2.06. The van der Waals surface area contributed by atoms with Crippen LogP contribution >= 0.6 is 0 Å². The number of terminal acetylenes is 1. The third kappa shape index (κ3) is 3.40. The minimum atomic E-state index is -0.548. The highest BCUT2D eigenvalue weighted by Gasteiger charge is 2.31. The number of aliphatic imine (C=N–C) groups is 2. The number of cyclic esters (lactones) is 2. The van der Waals surface area contributed by atoms with Gasteiger partial charge in [-0.3, -0.25) is 9.79 Å². The maximum atomic E-state index is 13.2. The van der Waals surface area contributed by atoms with E-state index in [1.54, 1.807) is 48.5 Å². The van der Waals surface area contributed by atoms with Crippen molar-refractivity contribution in [1.29, 1.82) is 0 Å². The Morgan fingerprint density at radius 3 is 2.03 bits per heavy atom. The van der Waals surface area contributed by atoms with E-state index >= 15 is 0 Å². The van der Waals surface area contributed by atoms with Crippen LogP contribution in [0.15, 0.2) is 70.6 Å². The van der Waals surface area contributed by atoms with Gasteiger partial charge in [0.05, 0.1) is 27.9 Å². The zero-order valence-corrected chi connectivity index (χ0v) is 17.3. The lowest BCUT2D eigenvalue weighted by atomic mass is 9.96. The van der Waals surface area contributed by atoms with Crippen molar-refractivity contribution in [1.82, 2.24) is 0 Å². The molecule has 0 spiro atoms. The minimum Gasteiger partial charge on any atom is -0.404 e. The number of benzene rings is 3. The Kier molecular flexibility index (Phi) is 4.69. The van der Waals surface area contributed by atoms with Gasteiger partial charge in [0.15, 0.2) is 5.78 Å². The molecule has 0 fully saturated rings. The molecule has 0 saturated carbocycles. The van der Waals surface area contributed by atoms with Crippen LogP contribution in [0.2, 0.25) is 0 Å². The monoisotopic (exact) mass is 434 g/mol. The summed E-state index contributed by atoms with van der Waals surface area (Å²) in [5, 5.41) is 0. The van der Waals surface area contributed by atoms with Gasteiger partial charge in [-0.2, -0.15) is 0 Å². The number of ether oxygens (including phenoxy) is 2. The first kappa shape index (κ1) is 20.1. The molecule has 2 aliphatic rings. The number of rotatable bonds is 3. The van der Waals surface area contributed by atoms with Crippen LogP contribution in [0.25, 0.3) is 0 Å². The number of esters is 2. The number of hydrogen-bond donors (Lipinski definition) is 0. The van der Waals surface area contributed by atoms with Crippen molar-refractivity contribution >= 4 is 35.2 Å². The Balaban J connectivity index is 1.54. The number of fused-ring (bicyclic) bond motifs is 2. The van der Waals surface area contributed by atoms with Gasteiger partial charge < -0.3 is 9.47 Å². The first-order valence-electron chi connectivity index (χ1n) is 9.88. The van der Waals surface area contributed by atoms with Gasteiger partial charge in [0, 0.05) is 23.7 Å². The van der Waals surface area contributed by atoms with Crippen LogP contribution in [0.1, 0.15) is 53.3 Å². The maximum absolute atomic E-state index is 13.2. The minimum absolute atomic E-state index is 0.0900. The van der Waals surface area contributed by atoms with Crippen LogP contribution in [0.5, 0.6) is 0 Å². The number of hydrogen-bond acceptors (Lipinski definition) is 7. The summed E-state index contributed by atoms with van der Waals surface area (Å²) in [6.07, 6.45) is 5.44. The van der Waals surface area contributed by atoms with Crippen molar-refractivity contribution in [2.75, 3.05) is 7.05 Å². The van der Waals surface area contributed by atoms with Gasteiger partial charge in [-0.1, -0.05) is 24.1 Å². The standard InChI is InChI=1S/C26H14N2O5/c1-3-14-5-4-6-17(11-14)28-24-21-13-16(8-10-19(21)26(31)33-24)22(29)15-7-9-18-20(12-15)23(27-2)32-25(18)30/h1,4-13H,2H3. The lowest BCUT2D eigenvalue weighted by Gasteiger charge is -2.05. The topological polar surface area (TPSA) is 94.4 Å².